The Kier molecular flexibility index (Phi) is 7.88. The van der Waals surface area contributed by atoms with E-state index in [1.54, 1.807) is 0 Å². The first-order chi connectivity index (χ1) is 31.2. The van der Waals surface area contributed by atoms with Gasteiger partial charge in [-0.2, -0.15) is 0 Å². The minimum absolute atomic E-state index is 0.219. The van der Waals surface area contributed by atoms with Crippen molar-refractivity contribution in [3.63, 3.8) is 0 Å². The number of hydrogen-bond donors (Lipinski definition) is 0. The van der Waals surface area contributed by atoms with E-state index >= 15 is 0 Å². The van der Waals surface area contributed by atoms with Gasteiger partial charge >= 0.3 is 0 Å². The number of rotatable bonds is 5. The molecule has 10 aromatic rings. The number of nitrogens with zero attached hydrogens (tertiary/aromatic N) is 3. The zero-order chi connectivity index (χ0) is 41.5. The summed E-state index contributed by atoms with van der Waals surface area (Å²) in [6, 6.07) is 65.8. The maximum Gasteiger partial charge on any atom is 0.164 e. The Morgan fingerprint density at radius 3 is 1.89 bits per heavy atom. The zero-order valence-corrected chi connectivity index (χ0v) is 34.0. The van der Waals surface area contributed by atoms with Crippen molar-refractivity contribution in [3.05, 3.63) is 235 Å². The summed E-state index contributed by atoms with van der Waals surface area (Å²) in [6.07, 6.45) is 9.17. The monoisotopic (exact) mass is 807 g/mol. The molecule has 296 valence electrons. The number of allylic oxidation sites excluding steroid dienone is 4. The largest absolute Gasteiger partial charge is 0.457 e. The number of aromatic nitrogens is 3. The molecule has 3 aliphatic rings. The zero-order valence-electron chi connectivity index (χ0n) is 34.0. The van der Waals surface area contributed by atoms with Gasteiger partial charge in [-0.1, -0.05) is 188 Å². The topological polar surface area (TPSA) is 61.0 Å². The van der Waals surface area contributed by atoms with Crippen LogP contribution in [0.4, 0.5) is 0 Å². The summed E-state index contributed by atoms with van der Waals surface area (Å²) in [5, 5.41) is 2.22. The van der Waals surface area contributed by atoms with Crippen LogP contribution >= 0.6 is 0 Å². The molecule has 0 fully saturated rings. The third-order valence-electron chi connectivity index (χ3n) is 13.3. The van der Waals surface area contributed by atoms with E-state index in [1.807, 2.05) is 42.5 Å². The van der Waals surface area contributed by atoms with Gasteiger partial charge in [0.25, 0.3) is 0 Å². The fraction of sp³-hybridized carbons (Fsp3) is 0.0517. The van der Waals surface area contributed by atoms with Crippen LogP contribution in [0.15, 0.2) is 217 Å². The van der Waals surface area contributed by atoms with Gasteiger partial charge in [-0.3, -0.25) is 0 Å². The van der Waals surface area contributed by atoms with Crippen molar-refractivity contribution < 1.29 is 9.15 Å². The Bertz CT molecular complexity index is 3510. The van der Waals surface area contributed by atoms with Crippen LogP contribution in [-0.4, -0.2) is 15.0 Å². The van der Waals surface area contributed by atoms with Gasteiger partial charge in [0.1, 0.15) is 22.7 Å². The molecule has 0 N–H and O–H groups in total. The van der Waals surface area contributed by atoms with Crippen molar-refractivity contribution in [1.29, 1.82) is 0 Å². The molecule has 0 saturated carbocycles. The molecule has 0 bridgehead atoms. The van der Waals surface area contributed by atoms with Gasteiger partial charge in [-0.25, -0.2) is 15.0 Å². The van der Waals surface area contributed by atoms with Crippen LogP contribution in [0.2, 0.25) is 0 Å². The molecule has 8 aromatic carbocycles. The second-order valence-corrected chi connectivity index (χ2v) is 16.6. The number of ether oxygens (including phenoxy) is 1. The second-order valence-electron chi connectivity index (χ2n) is 16.6. The summed E-state index contributed by atoms with van der Waals surface area (Å²) in [6.45, 7) is 0. The van der Waals surface area contributed by atoms with Crippen molar-refractivity contribution in [2.75, 3.05) is 0 Å². The lowest BCUT2D eigenvalue weighted by Crippen LogP contribution is -2.37. The molecule has 3 heterocycles. The first kappa shape index (κ1) is 35.6. The highest BCUT2D eigenvalue weighted by atomic mass is 16.5. The molecule has 5 nitrogen and oxygen atoms in total. The minimum Gasteiger partial charge on any atom is -0.457 e. The molecular formula is C58H37N3O2. The van der Waals surface area contributed by atoms with Crippen LogP contribution in [-0.2, 0) is 5.41 Å². The van der Waals surface area contributed by atoms with E-state index in [0.29, 0.717) is 17.5 Å². The molecular weight excluding hydrogens is 771 g/mol. The first-order valence-corrected chi connectivity index (χ1v) is 21.5. The highest BCUT2D eigenvalue weighted by Gasteiger charge is 2.56. The van der Waals surface area contributed by atoms with Crippen molar-refractivity contribution >= 4 is 21.9 Å². The smallest absolute Gasteiger partial charge is 0.164 e. The lowest BCUT2D eigenvalue weighted by atomic mass is 9.62. The molecule has 1 aliphatic heterocycles. The lowest BCUT2D eigenvalue weighted by Gasteiger charge is -2.43. The van der Waals surface area contributed by atoms with E-state index in [-0.39, 0.29) is 17.3 Å². The average Bonchev–Trinajstić information content (AvgIpc) is 3.88. The highest BCUT2D eigenvalue weighted by Crippen LogP contribution is 2.64. The van der Waals surface area contributed by atoms with E-state index in [4.69, 9.17) is 24.1 Å². The van der Waals surface area contributed by atoms with Gasteiger partial charge in [-0.05, 0) is 52.1 Å². The predicted molar refractivity (Wildman–Crippen MR) is 252 cm³/mol. The van der Waals surface area contributed by atoms with E-state index < -0.39 is 0 Å². The van der Waals surface area contributed by atoms with Gasteiger partial charge in [0.15, 0.2) is 17.5 Å². The molecule has 0 amide bonds. The number of furan rings is 1. The predicted octanol–water partition coefficient (Wildman–Crippen LogP) is 14.4. The third-order valence-corrected chi connectivity index (χ3v) is 13.3. The summed E-state index contributed by atoms with van der Waals surface area (Å²) in [5.74, 6) is 4.10. The Hall–Kier alpha value is -8.15. The summed E-state index contributed by atoms with van der Waals surface area (Å²) in [7, 11) is 0. The molecule has 2 aliphatic carbocycles. The first-order valence-electron chi connectivity index (χ1n) is 21.5. The van der Waals surface area contributed by atoms with Crippen LogP contribution in [0.5, 0.6) is 11.5 Å². The quantitative estimate of drug-likeness (QED) is 0.173. The number of fused-ring (bicyclic) bond motifs is 12. The average molecular weight is 808 g/mol. The van der Waals surface area contributed by atoms with E-state index in [9.17, 15) is 0 Å². The Morgan fingerprint density at radius 2 is 1.02 bits per heavy atom. The molecule has 0 saturated heterocycles. The number of benzene rings is 8. The second kappa shape index (κ2) is 13.9. The van der Waals surface area contributed by atoms with Crippen molar-refractivity contribution in [2.45, 2.75) is 11.3 Å². The fourth-order valence-electron chi connectivity index (χ4n) is 10.5. The van der Waals surface area contributed by atoms with Crippen LogP contribution in [0.25, 0.3) is 78.4 Å². The lowest BCUT2D eigenvalue weighted by molar-refractivity contribution is 0.374. The summed E-state index contributed by atoms with van der Waals surface area (Å²) < 4.78 is 13.2. The molecule has 3 unspecified atom stereocenters. The van der Waals surface area contributed by atoms with Gasteiger partial charge in [0.05, 0.1) is 5.41 Å². The summed E-state index contributed by atoms with van der Waals surface area (Å²) >= 11 is 0. The molecule has 2 aromatic heterocycles. The number of para-hydroxylation sites is 3. The third kappa shape index (κ3) is 5.46. The summed E-state index contributed by atoms with van der Waals surface area (Å²) in [5.41, 5.74) is 13.4. The SMILES string of the molecule is C1=CC2c3ccccc3C3(c4ccccc4Oc4cc(-c5cccc(-c6nc(-c7ccccc7)nc(-c7ccc(-c8cccc9c8oc8ccccc89)cc7)n6)c5)ccc43)C2C=C1. The Morgan fingerprint density at radius 1 is 0.413 bits per heavy atom. The van der Waals surface area contributed by atoms with Gasteiger partial charge in [0.2, 0.25) is 0 Å². The molecule has 1 spiro atoms. The Balaban J connectivity index is 0.899. The molecule has 5 heteroatoms. The van der Waals surface area contributed by atoms with Crippen LogP contribution in [0, 0.1) is 5.92 Å². The minimum atomic E-state index is -0.388. The van der Waals surface area contributed by atoms with Gasteiger partial charge in [-0.15, -0.1) is 0 Å². The van der Waals surface area contributed by atoms with Gasteiger partial charge < -0.3 is 9.15 Å². The summed E-state index contributed by atoms with van der Waals surface area (Å²) in [4.78, 5) is 15.3. The van der Waals surface area contributed by atoms with Crippen LogP contribution < -0.4 is 4.74 Å². The fourth-order valence-corrected chi connectivity index (χ4v) is 10.5. The van der Waals surface area contributed by atoms with E-state index in [0.717, 1.165) is 72.4 Å². The van der Waals surface area contributed by atoms with E-state index in [2.05, 4.69) is 170 Å². The van der Waals surface area contributed by atoms with Crippen LogP contribution in [0.3, 0.4) is 0 Å². The van der Waals surface area contributed by atoms with Crippen molar-refractivity contribution in [2.24, 2.45) is 5.92 Å². The highest BCUT2D eigenvalue weighted by molar-refractivity contribution is 6.09. The van der Waals surface area contributed by atoms with Crippen LogP contribution in [0.1, 0.15) is 28.2 Å². The standard InChI is InChI=1S/C58H37N3O2/c1-2-14-37(15-3-1)55-59-56(38-30-28-36(29-31-38)42-21-13-22-46-45-20-6-10-26-51(45)63-54(42)46)61-57(60-55)41-17-12-16-39(34-41)40-32-33-50-53(35-40)62-52-27-11-9-25-49(52)58(50)47-23-7-4-18-43(47)44-19-5-8-24-48(44)58/h1-35,43,47H. The number of hydrogen-bond acceptors (Lipinski definition) is 5. The molecule has 3 atom stereocenters. The maximum absolute atomic E-state index is 6.86. The van der Waals surface area contributed by atoms with Gasteiger partial charge in [0, 0.05) is 56.0 Å². The van der Waals surface area contributed by atoms with E-state index in [1.165, 1.54) is 22.3 Å². The normalized spacial score (nSPS) is 17.9. The molecule has 13 rings (SSSR count). The van der Waals surface area contributed by atoms with Crippen molar-refractivity contribution in [1.82, 2.24) is 15.0 Å². The van der Waals surface area contributed by atoms with Crippen molar-refractivity contribution in [3.8, 4) is 67.9 Å². The Labute approximate surface area is 364 Å². The molecule has 0 radical (unpaired) electrons. The molecule has 63 heavy (non-hydrogen) atoms. The maximum atomic E-state index is 6.86.